The molecular formula is C25H35FN4O. The second-order valence-corrected chi connectivity index (χ2v) is 9.91. The fourth-order valence-electron chi connectivity index (χ4n) is 5.58. The molecule has 1 N–H and O–H groups in total. The average molecular weight is 427 g/mol. The van der Waals surface area contributed by atoms with Gasteiger partial charge in [-0.25, -0.2) is 14.4 Å². The van der Waals surface area contributed by atoms with Gasteiger partial charge in [0.1, 0.15) is 5.82 Å². The average Bonchev–Trinajstić information content (AvgIpc) is 3.57. The van der Waals surface area contributed by atoms with Crippen LogP contribution in [0.15, 0.2) is 18.2 Å². The molecule has 5 nitrogen and oxygen atoms in total. The topological polar surface area (TPSA) is 52.5 Å². The van der Waals surface area contributed by atoms with Crippen LogP contribution in [0.3, 0.4) is 0 Å². The van der Waals surface area contributed by atoms with Crippen LogP contribution in [0.2, 0.25) is 0 Å². The summed E-state index contributed by atoms with van der Waals surface area (Å²) in [6.07, 6.45) is 10.5. The number of halogens is 1. The third-order valence-corrected chi connectivity index (χ3v) is 7.78. The first kappa shape index (κ1) is 20.9. The predicted molar refractivity (Wildman–Crippen MR) is 123 cm³/mol. The lowest BCUT2D eigenvalue weighted by molar-refractivity contribution is 0.213. The smallest absolute Gasteiger partial charge is 0.170 e. The van der Waals surface area contributed by atoms with Gasteiger partial charge in [-0.3, -0.25) is 0 Å². The lowest BCUT2D eigenvalue weighted by Crippen LogP contribution is -2.37. The highest BCUT2D eigenvalue weighted by atomic mass is 19.1. The number of hydrogen-bond acceptors (Lipinski definition) is 5. The van der Waals surface area contributed by atoms with E-state index in [1.807, 2.05) is 24.1 Å². The molecule has 2 aromatic rings. The van der Waals surface area contributed by atoms with E-state index in [4.69, 9.17) is 4.98 Å². The van der Waals surface area contributed by atoms with Crippen molar-refractivity contribution in [2.75, 3.05) is 43.1 Å². The molecule has 2 saturated carbocycles. The number of aromatic nitrogens is 2. The number of nitrogens with zero attached hydrogens (tertiary/aromatic N) is 4. The molecule has 31 heavy (non-hydrogen) atoms. The fraction of sp³-hybridized carbons (Fsp3) is 0.680. The van der Waals surface area contributed by atoms with Gasteiger partial charge >= 0.3 is 0 Å². The minimum atomic E-state index is -1.34. The van der Waals surface area contributed by atoms with Gasteiger partial charge in [-0.15, -0.1) is 0 Å². The summed E-state index contributed by atoms with van der Waals surface area (Å²) in [5.41, 5.74) is 0.507. The van der Waals surface area contributed by atoms with Crippen molar-refractivity contribution in [3.8, 4) is 0 Å². The number of aliphatic hydroxyl groups is 1. The van der Waals surface area contributed by atoms with Crippen LogP contribution in [0.5, 0.6) is 0 Å². The molecule has 0 spiro atoms. The van der Waals surface area contributed by atoms with Gasteiger partial charge in [0, 0.05) is 37.8 Å². The SMILES string of the molecule is CN(CCO)c1ccc2nc(C3(F)CC3)nc(N3CCC(C4CCCCC4)CC3)c2c1. The summed E-state index contributed by atoms with van der Waals surface area (Å²) in [7, 11) is 1.97. The number of anilines is 2. The highest BCUT2D eigenvalue weighted by Gasteiger charge is 2.48. The summed E-state index contributed by atoms with van der Waals surface area (Å²) in [5.74, 6) is 2.98. The van der Waals surface area contributed by atoms with E-state index >= 15 is 0 Å². The standard InChI is InChI=1S/C25H35FN4O/c1-29(15-16-31)20-7-8-22-21(17-20)23(28-24(27-22)25(26)11-12-25)30-13-9-19(10-14-30)18-5-3-2-4-6-18/h7-8,17-19,31H,2-6,9-16H2,1H3. The van der Waals surface area contributed by atoms with Gasteiger partial charge < -0.3 is 14.9 Å². The van der Waals surface area contributed by atoms with Gasteiger partial charge in [-0.2, -0.15) is 0 Å². The zero-order valence-corrected chi connectivity index (χ0v) is 18.7. The fourth-order valence-corrected chi connectivity index (χ4v) is 5.58. The Bertz CT molecular complexity index is 917. The highest BCUT2D eigenvalue weighted by molar-refractivity contribution is 5.92. The van der Waals surface area contributed by atoms with Crippen LogP contribution >= 0.6 is 0 Å². The van der Waals surface area contributed by atoms with E-state index < -0.39 is 5.67 Å². The monoisotopic (exact) mass is 426 g/mol. The molecule has 0 amide bonds. The van der Waals surface area contributed by atoms with Crippen molar-refractivity contribution in [3.05, 3.63) is 24.0 Å². The van der Waals surface area contributed by atoms with Crippen LogP contribution in [0, 0.1) is 11.8 Å². The maximum atomic E-state index is 14.9. The number of hydrogen-bond donors (Lipinski definition) is 1. The molecule has 6 heteroatoms. The molecule has 0 atom stereocenters. The predicted octanol–water partition coefficient (Wildman–Crippen LogP) is 4.81. The number of alkyl halides is 1. The Morgan fingerprint density at radius 1 is 1.06 bits per heavy atom. The Labute approximate surface area is 184 Å². The first-order valence-electron chi connectivity index (χ1n) is 12.2. The number of fused-ring (bicyclic) bond motifs is 1. The first-order valence-corrected chi connectivity index (χ1v) is 12.2. The van der Waals surface area contributed by atoms with Crippen molar-refractivity contribution in [2.24, 2.45) is 11.8 Å². The zero-order valence-electron chi connectivity index (χ0n) is 18.7. The van der Waals surface area contributed by atoms with E-state index in [9.17, 15) is 9.50 Å². The van der Waals surface area contributed by atoms with E-state index in [2.05, 4.69) is 16.0 Å². The molecule has 1 saturated heterocycles. The van der Waals surface area contributed by atoms with Gasteiger partial charge in [0.2, 0.25) is 0 Å². The molecule has 0 unspecified atom stereocenters. The molecule has 1 aliphatic heterocycles. The molecule has 0 radical (unpaired) electrons. The number of rotatable bonds is 6. The molecule has 1 aromatic heterocycles. The zero-order chi connectivity index (χ0) is 21.4. The Morgan fingerprint density at radius 2 is 1.77 bits per heavy atom. The maximum absolute atomic E-state index is 14.9. The minimum Gasteiger partial charge on any atom is -0.395 e. The van der Waals surface area contributed by atoms with Crippen molar-refractivity contribution >= 4 is 22.4 Å². The maximum Gasteiger partial charge on any atom is 0.170 e. The van der Waals surface area contributed by atoms with E-state index in [-0.39, 0.29) is 6.61 Å². The summed E-state index contributed by atoms with van der Waals surface area (Å²) in [6.45, 7) is 2.65. The minimum absolute atomic E-state index is 0.107. The number of likely N-dealkylation sites (N-methyl/N-ethyl adjacent to an activating group) is 1. The Kier molecular flexibility index (Phi) is 5.76. The summed E-state index contributed by atoms with van der Waals surface area (Å²) in [5, 5.41) is 10.3. The Hall–Kier alpha value is -1.95. The second-order valence-electron chi connectivity index (χ2n) is 9.91. The Balaban J connectivity index is 1.44. The van der Waals surface area contributed by atoms with E-state index in [0.717, 1.165) is 47.3 Å². The molecule has 3 fully saturated rings. The van der Waals surface area contributed by atoms with Crippen molar-refractivity contribution in [1.82, 2.24) is 9.97 Å². The van der Waals surface area contributed by atoms with E-state index in [1.54, 1.807) is 0 Å². The molecule has 168 valence electrons. The van der Waals surface area contributed by atoms with Crippen LogP contribution in [0.1, 0.15) is 63.6 Å². The van der Waals surface area contributed by atoms with Gasteiger partial charge in [0.25, 0.3) is 0 Å². The quantitative estimate of drug-likeness (QED) is 0.718. The first-order chi connectivity index (χ1) is 15.1. The summed E-state index contributed by atoms with van der Waals surface area (Å²) >= 11 is 0. The molecule has 0 bridgehead atoms. The van der Waals surface area contributed by atoms with Crippen LogP contribution in [-0.4, -0.2) is 48.4 Å². The van der Waals surface area contributed by atoms with Crippen LogP contribution in [-0.2, 0) is 5.67 Å². The normalized spacial score (nSPS) is 22.1. The highest BCUT2D eigenvalue weighted by Crippen LogP contribution is 2.49. The van der Waals surface area contributed by atoms with Crippen molar-refractivity contribution in [3.63, 3.8) is 0 Å². The van der Waals surface area contributed by atoms with E-state index in [0.29, 0.717) is 25.2 Å². The van der Waals surface area contributed by atoms with Gasteiger partial charge in [-0.05, 0) is 55.7 Å². The number of piperidine rings is 1. The van der Waals surface area contributed by atoms with Crippen LogP contribution < -0.4 is 9.80 Å². The number of aliphatic hydroxyl groups excluding tert-OH is 1. The summed E-state index contributed by atoms with van der Waals surface area (Å²) in [6, 6.07) is 6.09. The largest absolute Gasteiger partial charge is 0.395 e. The summed E-state index contributed by atoms with van der Waals surface area (Å²) in [4.78, 5) is 13.8. The van der Waals surface area contributed by atoms with E-state index in [1.165, 1.54) is 44.9 Å². The molecule has 3 aliphatic rings. The summed E-state index contributed by atoms with van der Waals surface area (Å²) < 4.78 is 14.9. The molecular weight excluding hydrogens is 391 g/mol. The molecule has 5 rings (SSSR count). The van der Waals surface area contributed by atoms with Crippen LogP contribution in [0.25, 0.3) is 10.9 Å². The van der Waals surface area contributed by atoms with Gasteiger partial charge in [0.05, 0.1) is 12.1 Å². The van der Waals surface area contributed by atoms with Crippen molar-refractivity contribution < 1.29 is 9.50 Å². The van der Waals surface area contributed by atoms with Gasteiger partial charge in [0.15, 0.2) is 11.5 Å². The lowest BCUT2D eigenvalue weighted by Gasteiger charge is -2.38. The van der Waals surface area contributed by atoms with Crippen molar-refractivity contribution in [1.29, 1.82) is 0 Å². The van der Waals surface area contributed by atoms with Crippen LogP contribution in [0.4, 0.5) is 15.9 Å². The van der Waals surface area contributed by atoms with Gasteiger partial charge in [-0.1, -0.05) is 32.1 Å². The molecule has 2 aliphatic carbocycles. The number of benzene rings is 1. The lowest BCUT2D eigenvalue weighted by atomic mass is 9.76. The van der Waals surface area contributed by atoms with Crippen molar-refractivity contribution in [2.45, 2.75) is 63.5 Å². The third kappa shape index (κ3) is 4.23. The molecule has 2 heterocycles. The third-order valence-electron chi connectivity index (χ3n) is 7.78. The molecule has 1 aromatic carbocycles. The Morgan fingerprint density at radius 3 is 2.45 bits per heavy atom. The second kappa shape index (κ2) is 8.53.